The first-order valence-electron chi connectivity index (χ1n) is 4.46. The van der Waals surface area contributed by atoms with E-state index >= 15 is 0 Å². The van der Waals surface area contributed by atoms with E-state index in [9.17, 15) is 4.79 Å². The Morgan fingerprint density at radius 1 is 1.50 bits per heavy atom. The Hall–Kier alpha value is -1.61. The van der Waals surface area contributed by atoms with Gasteiger partial charge in [0.2, 0.25) is 0 Å². The zero-order chi connectivity index (χ0) is 10.1. The number of carbonyl (C=O) groups is 1. The minimum Gasteiger partial charge on any atom is -0.480 e. The van der Waals surface area contributed by atoms with Crippen molar-refractivity contribution in [1.29, 1.82) is 0 Å². The van der Waals surface area contributed by atoms with Gasteiger partial charge in [-0.05, 0) is 29.2 Å². The van der Waals surface area contributed by atoms with Crippen molar-refractivity contribution in [2.24, 2.45) is 5.73 Å². The van der Waals surface area contributed by atoms with Gasteiger partial charge in [-0.1, -0.05) is 24.3 Å². The highest BCUT2D eigenvalue weighted by molar-refractivity contribution is 5.76. The highest BCUT2D eigenvalue weighted by Gasteiger charge is 2.15. The van der Waals surface area contributed by atoms with E-state index in [1.165, 1.54) is 5.56 Å². The molecule has 1 atom stereocenters. The summed E-state index contributed by atoms with van der Waals surface area (Å²) in [5.74, 6) is -0.994. The average molecular weight is 189 g/mol. The van der Waals surface area contributed by atoms with Crippen LogP contribution >= 0.6 is 0 Å². The Labute approximate surface area is 81.9 Å². The van der Waals surface area contributed by atoms with Crippen LogP contribution in [0.25, 0.3) is 6.08 Å². The summed E-state index contributed by atoms with van der Waals surface area (Å²) in [7, 11) is 0. The molecular formula is C11H11NO2. The lowest BCUT2D eigenvalue weighted by molar-refractivity contribution is -0.138. The highest BCUT2D eigenvalue weighted by Crippen LogP contribution is 2.22. The third-order valence-corrected chi connectivity index (χ3v) is 2.43. The van der Waals surface area contributed by atoms with E-state index in [0.717, 1.165) is 12.0 Å². The SMILES string of the molecule is NC(C(=O)O)c1ccc2c(c1)C=CC2. The summed E-state index contributed by atoms with van der Waals surface area (Å²) < 4.78 is 0. The van der Waals surface area contributed by atoms with Crippen LogP contribution in [0.1, 0.15) is 22.7 Å². The monoisotopic (exact) mass is 189 g/mol. The Kier molecular flexibility index (Phi) is 2.09. The van der Waals surface area contributed by atoms with E-state index in [4.69, 9.17) is 10.8 Å². The molecule has 0 fully saturated rings. The van der Waals surface area contributed by atoms with Crippen molar-refractivity contribution in [3.63, 3.8) is 0 Å². The lowest BCUT2D eigenvalue weighted by Gasteiger charge is -2.08. The quantitative estimate of drug-likeness (QED) is 0.737. The number of fused-ring (bicyclic) bond motifs is 1. The van der Waals surface area contributed by atoms with E-state index in [1.54, 1.807) is 6.07 Å². The van der Waals surface area contributed by atoms with E-state index < -0.39 is 12.0 Å². The maximum absolute atomic E-state index is 10.7. The summed E-state index contributed by atoms with van der Waals surface area (Å²) in [5, 5.41) is 8.74. The van der Waals surface area contributed by atoms with Crippen molar-refractivity contribution in [2.75, 3.05) is 0 Å². The van der Waals surface area contributed by atoms with Gasteiger partial charge in [0.15, 0.2) is 0 Å². The molecule has 1 aromatic rings. The molecule has 0 aromatic heterocycles. The smallest absolute Gasteiger partial charge is 0.325 e. The van der Waals surface area contributed by atoms with Gasteiger partial charge >= 0.3 is 5.97 Å². The lowest BCUT2D eigenvalue weighted by atomic mass is 10.0. The molecule has 0 saturated heterocycles. The van der Waals surface area contributed by atoms with Crippen molar-refractivity contribution < 1.29 is 9.90 Å². The van der Waals surface area contributed by atoms with Crippen LogP contribution in [0.2, 0.25) is 0 Å². The Morgan fingerprint density at radius 2 is 2.29 bits per heavy atom. The zero-order valence-corrected chi connectivity index (χ0v) is 7.60. The molecule has 1 aromatic carbocycles. The molecular weight excluding hydrogens is 178 g/mol. The summed E-state index contributed by atoms with van der Waals surface area (Å²) in [6, 6.07) is 4.64. The third kappa shape index (κ3) is 1.42. The molecule has 2 rings (SSSR count). The average Bonchev–Trinajstić information content (AvgIpc) is 2.62. The van der Waals surface area contributed by atoms with Crippen LogP contribution in [0.15, 0.2) is 24.3 Å². The Balaban J connectivity index is 2.37. The molecule has 0 spiro atoms. The van der Waals surface area contributed by atoms with Crippen molar-refractivity contribution in [2.45, 2.75) is 12.5 Å². The van der Waals surface area contributed by atoms with E-state index in [-0.39, 0.29) is 0 Å². The van der Waals surface area contributed by atoms with E-state index in [2.05, 4.69) is 6.08 Å². The van der Waals surface area contributed by atoms with Gasteiger partial charge in [-0.15, -0.1) is 0 Å². The van der Waals surface area contributed by atoms with Crippen LogP contribution in [0, 0.1) is 0 Å². The molecule has 3 N–H and O–H groups in total. The fourth-order valence-electron chi connectivity index (χ4n) is 1.60. The summed E-state index contributed by atoms with van der Waals surface area (Å²) in [6.07, 6.45) is 4.98. The topological polar surface area (TPSA) is 63.3 Å². The molecule has 72 valence electrons. The van der Waals surface area contributed by atoms with Gasteiger partial charge in [-0.25, -0.2) is 0 Å². The zero-order valence-electron chi connectivity index (χ0n) is 7.60. The first-order chi connectivity index (χ1) is 6.68. The second kappa shape index (κ2) is 3.27. The van der Waals surface area contributed by atoms with Crippen LogP contribution in [0.3, 0.4) is 0 Å². The fourth-order valence-corrected chi connectivity index (χ4v) is 1.60. The second-order valence-electron chi connectivity index (χ2n) is 3.38. The van der Waals surface area contributed by atoms with Gasteiger partial charge in [-0.2, -0.15) is 0 Å². The first kappa shape index (κ1) is 8.97. The second-order valence-corrected chi connectivity index (χ2v) is 3.38. The molecule has 0 saturated carbocycles. The maximum atomic E-state index is 10.7. The van der Waals surface area contributed by atoms with Crippen LogP contribution < -0.4 is 5.73 Å². The predicted molar refractivity (Wildman–Crippen MR) is 53.7 cm³/mol. The molecule has 0 radical (unpaired) electrons. The molecule has 0 heterocycles. The first-order valence-corrected chi connectivity index (χ1v) is 4.46. The molecule has 1 aliphatic rings. The number of carboxylic acids is 1. The summed E-state index contributed by atoms with van der Waals surface area (Å²) in [4.78, 5) is 10.7. The highest BCUT2D eigenvalue weighted by atomic mass is 16.4. The normalized spacial score (nSPS) is 15.2. The molecule has 0 aliphatic heterocycles. The summed E-state index contributed by atoms with van der Waals surface area (Å²) in [6.45, 7) is 0. The van der Waals surface area contributed by atoms with Crippen molar-refractivity contribution in [3.05, 3.63) is 41.0 Å². The van der Waals surface area contributed by atoms with Gasteiger partial charge in [0.1, 0.15) is 6.04 Å². The van der Waals surface area contributed by atoms with Crippen molar-refractivity contribution in [3.8, 4) is 0 Å². The largest absolute Gasteiger partial charge is 0.480 e. The van der Waals surface area contributed by atoms with Crippen molar-refractivity contribution in [1.82, 2.24) is 0 Å². The van der Waals surface area contributed by atoms with Gasteiger partial charge in [-0.3, -0.25) is 4.79 Å². The summed E-state index contributed by atoms with van der Waals surface area (Å²) >= 11 is 0. The number of nitrogens with two attached hydrogens (primary N) is 1. The fraction of sp³-hybridized carbons (Fsp3) is 0.182. The van der Waals surface area contributed by atoms with Crippen LogP contribution in [-0.2, 0) is 11.2 Å². The van der Waals surface area contributed by atoms with Gasteiger partial charge < -0.3 is 10.8 Å². The Morgan fingerprint density at radius 3 is 3.00 bits per heavy atom. The van der Waals surface area contributed by atoms with Gasteiger partial charge in [0.05, 0.1) is 0 Å². The maximum Gasteiger partial charge on any atom is 0.325 e. The van der Waals surface area contributed by atoms with Crippen LogP contribution in [0.4, 0.5) is 0 Å². The lowest BCUT2D eigenvalue weighted by Crippen LogP contribution is -2.20. The molecule has 3 nitrogen and oxygen atoms in total. The van der Waals surface area contributed by atoms with Crippen LogP contribution in [-0.4, -0.2) is 11.1 Å². The molecule has 1 aliphatic carbocycles. The number of hydrogen-bond donors (Lipinski definition) is 2. The predicted octanol–water partition coefficient (Wildman–Crippen LogP) is 1.34. The number of benzene rings is 1. The van der Waals surface area contributed by atoms with E-state index in [1.807, 2.05) is 18.2 Å². The molecule has 1 unspecified atom stereocenters. The van der Waals surface area contributed by atoms with Crippen molar-refractivity contribution >= 4 is 12.0 Å². The summed E-state index contributed by atoms with van der Waals surface area (Å²) in [5.41, 5.74) is 8.47. The number of aliphatic carboxylic acids is 1. The molecule has 0 amide bonds. The van der Waals surface area contributed by atoms with E-state index in [0.29, 0.717) is 5.56 Å². The number of allylic oxidation sites excluding steroid dienone is 1. The Bertz CT molecular complexity index is 410. The number of rotatable bonds is 2. The molecule has 0 bridgehead atoms. The van der Waals surface area contributed by atoms with Gasteiger partial charge in [0, 0.05) is 0 Å². The van der Waals surface area contributed by atoms with Gasteiger partial charge in [0.25, 0.3) is 0 Å². The minimum atomic E-state index is -0.994. The van der Waals surface area contributed by atoms with Crippen LogP contribution in [0.5, 0.6) is 0 Å². The number of carboxylic acid groups (broad SMARTS) is 1. The standard InChI is InChI=1S/C11H11NO2/c12-10(11(13)14)9-5-4-7-2-1-3-8(7)6-9/h1,3-6,10H,2,12H2,(H,13,14). The molecule has 3 heteroatoms. The third-order valence-electron chi connectivity index (χ3n) is 2.43. The number of hydrogen-bond acceptors (Lipinski definition) is 2. The molecule has 14 heavy (non-hydrogen) atoms. The minimum absolute atomic E-state index is 0.655.